The molecule has 128 valence electrons. The molecule has 6 heteroatoms. The van der Waals surface area contributed by atoms with E-state index in [2.05, 4.69) is 32.7 Å². The number of pyridine rings is 1. The van der Waals surface area contributed by atoms with Crippen LogP contribution in [0.15, 0.2) is 53.7 Å². The molecule has 1 saturated carbocycles. The molecule has 24 heavy (non-hydrogen) atoms. The molecule has 2 aromatic rings. The summed E-state index contributed by atoms with van der Waals surface area (Å²) in [7, 11) is 1.78. The van der Waals surface area contributed by atoms with Crippen LogP contribution >= 0.6 is 35.6 Å². The Kier molecular flexibility index (Phi) is 6.86. The number of benzene rings is 1. The van der Waals surface area contributed by atoms with Gasteiger partial charge in [-0.05, 0) is 42.7 Å². The quantitative estimate of drug-likeness (QED) is 0.409. The molecule has 0 spiro atoms. The standard InChI is InChI=1S/C18H21ClN4.HI/c1-20-17(22-12-16-7-2-3-10-21-16)23-13-18(8-9-18)14-5-4-6-15(19)11-14;/h2-7,10-11H,8-9,12-13H2,1H3,(H2,20,22,23);1H. The predicted molar refractivity (Wildman–Crippen MR) is 110 cm³/mol. The highest BCUT2D eigenvalue weighted by Gasteiger charge is 2.44. The molecule has 0 amide bonds. The number of rotatable bonds is 5. The minimum atomic E-state index is 0. The number of aromatic nitrogens is 1. The Hall–Kier alpha value is -1.34. The zero-order chi connectivity index (χ0) is 16.1. The summed E-state index contributed by atoms with van der Waals surface area (Å²) in [5.41, 5.74) is 2.48. The molecule has 0 saturated heterocycles. The van der Waals surface area contributed by atoms with Gasteiger partial charge in [0, 0.05) is 30.2 Å². The Balaban J connectivity index is 0.00000208. The lowest BCUT2D eigenvalue weighted by atomic mass is 9.96. The van der Waals surface area contributed by atoms with Gasteiger partial charge in [-0.15, -0.1) is 24.0 Å². The van der Waals surface area contributed by atoms with Crippen molar-refractivity contribution in [3.63, 3.8) is 0 Å². The summed E-state index contributed by atoms with van der Waals surface area (Å²) in [6.07, 6.45) is 4.15. The molecule has 1 heterocycles. The van der Waals surface area contributed by atoms with Gasteiger partial charge < -0.3 is 10.6 Å². The Morgan fingerprint density at radius 1 is 1.21 bits per heavy atom. The molecular formula is C18H22ClIN4. The lowest BCUT2D eigenvalue weighted by Gasteiger charge is -2.19. The van der Waals surface area contributed by atoms with Gasteiger partial charge in [0.25, 0.3) is 0 Å². The van der Waals surface area contributed by atoms with Crippen molar-refractivity contribution in [3.8, 4) is 0 Å². The molecule has 0 radical (unpaired) electrons. The number of hydrogen-bond acceptors (Lipinski definition) is 2. The summed E-state index contributed by atoms with van der Waals surface area (Å²) >= 11 is 6.12. The van der Waals surface area contributed by atoms with Crippen LogP contribution < -0.4 is 10.6 Å². The number of aliphatic imine (C=N–C) groups is 1. The highest BCUT2D eigenvalue weighted by Crippen LogP contribution is 2.48. The number of nitrogens with zero attached hydrogens (tertiary/aromatic N) is 2. The van der Waals surface area contributed by atoms with Gasteiger partial charge in [0.1, 0.15) is 0 Å². The van der Waals surface area contributed by atoms with Crippen LogP contribution in [0.5, 0.6) is 0 Å². The van der Waals surface area contributed by atoms with Gasteiger partial charge in [0.15, 0.2) is 5.96 Å². The summed E-state index contributed by atoms with van der Waals surface area (Å²) in [5.74, 6) is 0.795. The first-order chi connectivity index (χ1) is 11.2. The average Bonchev–Trinajstić information content (AvgIpc) is 3.37. The third-order valence-electron chi connectivity index (χ3n) is 4.27. The van der Waals surface area contributed by atoms with E-state index >= 15 is 0 Å². The highest BCUT2D eigenvalue weighted by atomic mass is 127. The molecule has 1 fully saturated rings. The van der Waals surface area contributed by atoms with Crippen molar-refractivity contribution < 1.29 is 0 Å². The lowest BCUT2D eigenvalue weighted by molar-refractivity contribution is 0.644. The topological polar surface area (TPSA) is 49.3 Å². The molecule has 0 unspecified atom stereocenters. The SMILES string of the molecule is CN=C(NCc1ccccn1)NCC1(c2cccc(Cl)c2)CC1.I. The Bertz CT molecular complexity index is 686. The molecule has 1 aromatic heterocycles. The van der Waals surface area contributed by atoms with E-state index in [4.69, 9.17) is 11.6 Å². The van der Waals surface area contributed by atoms with Crippen LogP contribution in [-0.4, -0.2) is 24.5 Å². The Morgan fingerprint density at radius 3 is 2.67 bits per heavy atom. The largest absolute Gasteiger partial charge is 0.356 e. The van der Waals surface area contributed by atoms with Crippen LogP contribution in [0.25, 0.3) is 0 Å². The Labute approximate surface area is 165 Å². The van der Waals surface area contributed by atoms with E-state index < -0.39 is 0 Å². The van der Waals surface area contributed by atoms with Crippen LogP contribution in [0.2, 0.25) is 5.02 Å². The van der Waals surface area contributed by atoms with Crippen LogP contribution in [0.3, 0.4) is 0 Å². The fourth-order valence-electron chi connectivity index (χ4n) is 2.69. The normalized spacial score (nSPS) is 15.3. The van der Waals surface area contributed by atoms with Crippen molar-refractivity contribution in [2.75, 3.05) is 13.6 Å². The number of halogens is 2. The van der Waals surface area contributed by atoms with Crippen molar-refractivity contribution >= 4 is 41.5 Å². The van der Waals surface area contributed by atoms with Crippen LogP contribution in [0.4, 0.5) is 0 Å². The van der Waals surface area contributed by atoms with Crippen molar-refractivity contribution in [1.29, 1.82) is 0 Å². The summed E-state index contributed by atoms with van der Waals surface area (Å²) in [4.78, 5) is 8.59. The molecule has 0 aliphatic heterocycles. The summed E-state index contributed by atoms with van der Waals surface area (Å²) in [6, 6.07) is 14.1. The maximum absolute atomic E-state index is 6.12. The third-order valence-corrected chi connectivity index (χ3v) is 4.51. The second-order valence-electron chi connectivity index (χ2n) is 5.89. The predicted octanol–water partition coefficient (Wildman–Crippen LogP) is 3.75. The minimum absolute atomic E-state index is 0. The van der Waals surface area contributed by atoms with E-state index in [0.29, 0.717) is 6.54 Å². The molecule has 1 aliphatic carbocycles. The van der Waals surface area contributed by atoms with Gasteiger partial charge in [-0.1, -0.05) is 29.8 Å². The minimum Gasteiger partial charge on any atom is -0.356 e. The van der Waals surface area contributed by atoms with Crippen molar-refractivity contribution in [3.05, 3.63) is 64.9 Å². The molecule has 0 atom stereocenters. The maximum Gasteiger partial charge on any atom is 0.191 e. The van der Waals surface area contributed by atoms with Gasteiger partial charge in [0.05, 0.1) is 12.2 Å². The van der Waals surface area contributed by atoms with Crippen LogP contribution in [0.1, 0.15) is 24.1 Å². The van der Waals surface area contributed by atoms with Crippen molar-refractivity contribution in [2.24, 2.45) is 4.99 Å². The van der Waals surface area contributed by atoms with E-state index in [1.165, 1.54) is 18.4 Å². The zero-order valence-corrected chi connectivity index (χ0v) is 16.7. The first kappa shape index (κ1) is 19.0. The second-order valence-corrected chi connectivity index (χ2v) is 6.33. The fraction of sp³-hybridized carbons (Fsp3) is 0.333. The van der Waals surface area contributed by atoms with E-state index in [1.807, 2.05) is 30.3 Å². The van der Waals surface area contributed by atoms with Crippen LogP contribution in [-0.2, 0) is 12.0 Å². The van der Waals surface area contributed by atoms with Gasteiger partial charge in [0.2, 0.25) is 0 Å². The molecule has 1 aromatic carbocycles. The van der Waals surface area contributed by atoms with E-state index in [1.54, 1.807) is 13.2 Å². The number of nitrogens with one attached hydrogen (secondary N) is 2. The fourth-order valence-corrected chi connectivity index (χ4v) is 2.88. The highest BCUT2D eigenvalue weighted by molar-refractivity contribution is 14.0. The maximum atomic E-state index is 6.12. The molecule has 1 aliphatic rings. The Morgan fingerprint density at radius 2 is 2.04 bits per heavy atom. The first-order valence-corrected chi connectivity index (χ1v) is 8.20. The smallest absolute Gasteiger partial charge is 0.191 e. The lowest BCUT2D eigenvalue weighted by Crippen LogP contribution is -2.41. The summed E-state index contributed by atoms with van der Waals surface area (Å²) in [6.45, 7) is 1.51. The first-order valence-electron chi connectivity index (χ1n) is 7.82. The summed E-state index contributed by atoms with van der Waals surface area (Å²) < 4.78 is 0. The van der Waals surface area contributed by atoms with E-state index in [9.17, 15) is 0 Å². The summed E-state index contributed by atoms with van der Waals surface area (Å²) in [5, 5.41) is 7.53. The van der Waals surface area contributed by atoms with Gasteiger partial charge in [-0.3, -0.25) is 9.98 Å². The van der Waals surface area contributed by atoms with Crippen LogP contribution in [0, 0.1) is 0 Å². The molecular weight excluding hydrogens is 435 g/mol. The van der Waals surface area contributed by atoms with E-state index in [-0.39, 0.29) is 29.4 Å². The van der Waals surface area contributed by atoms with Crippen molar-refractivity contribution in [2.45, 2.75) is 24.8 Å². The molecule has 4 nitrogen and oxygen atoms in total. The monoisotopic (exact) mass is 456 g/mol. The number of guanidine groups is 1. The van der Waals surface area contributed by atoms with Crippen molar-refractivity contribution in [1.82, 2.24) is 15.6 Å². The average molecular weight is 457 g/mol. The third kappa shape index (κ3) is 4.83. The number of hydrogen-bond donors (Lipinski definition) is 2. The van der Waals surface area contributed by atoms with E-state index in [0.717, 1.165) is 23.2 Å². The molecule has 2 N–H and O–H groups in total. The second kappa shape index (κ2) is 8.67. The van der Waals surface area contributed by atoms with Gasteiger partial charge in [-0.25, -0.2) is 0 Å². The van der Waals surface area contributed by atoms with Gasteiger partial charge >= 0.3 is 0 Å². The molecule has 0 bridgehead atoms. The van der Waals surface area contributed by atoms with Gasteiger partial charge in [-0.2, -0.15) is 0 Å². The zero-order valence-electron chi connectivity index (χ0n) is 13.6. The molecule has 3 rings (SSSR count).